The van der Waals surface area contributed by atoms with E-state index < -0.39 is 0 Å². The van der Waals surface area contributed by atoms with E-state index in [4.69, 9.17) is 10.5 Å². The van der Waals surface area contributed by atoms with Gasteiger partial charge < -0.3 is 10.5 Å². The zero-order chi connectivity index (χ0) is 11.8. The molecule has 1 atom stereocenters. The number of thioether (sulfide) groups is 1. The van der Waals surface area contributed by atoms with E-state index in [1.54, 1.807) is 0 Å². The number of nitrogens with two attached hydrogens (primary N) is 1. The minimum Gasteiger partial charge on any atom is -0.493 e. The van der Waals surface area contributed by atoms with Gasteiger partial charge in [-0.1, -0.05) is 15.9 Å². The molecule has 1 aromatic rings. The van der Waals surface area contributed by atoms with Crippen molar-refractivity contribution in [2.45, 2.75) is 19.4 Å². The molecule has 1 aromatic carbocycles. The zero-order valence-corrected chi connectivity index (χ0v) is 11.9. The SMILES string of the molecule is CC(N)CCSCCOc1ccc(Br)cc1. The molecule has 0 saturated heterocycles. The van der Waals surface area contributed by atoms with E-state index in [1.165, 1.54) is 0 Å². The molecule has 2 N–H and O–H groups in total. The quantitative estimate of drug-likeness (QED) is 0.785. The van der Waals surface area contributed by atoms with Gasteiger partial charge in [0.1, 0.15) is 5.75 Å². The first kappa shape index (κ1) is 13.9. The van der Waals surface area contributed by atoms with Gasteiger partial charge >= 0.3 is 0 Å². The first-order valence-electron chi connectivity index (χ1n) is 5.40. The number of hydrogen-bond acceptors (Lipinski definition) is 3. The van der Waals surface area contributed by atoms with Gasteiger partial charge in [-0.2, -0.15) is 11.8 Å². The first-order chi connectivity index (χ1) is 7.68. The van der Waals surface area contributed by atoms with Crippen LogP contribution >= 0.6 is 27.7 Å². The maximum absolute atomic E-state index is 5.66. The van der Waals surface area contributed by atoms with Crippen LogP contribution in [0, 0.1) is 0 Å². The summed E-state index contributed by atoms with van der Waals surface area (Å²) in [6.45, 7) is 2.80. The molecule has 0 spiro atoms. The topological polar surface area (TPSA) is 35.2 Å². The molecule has 0 aliphatic carbocycles. The van der Waals surface area contributed by atoms with Crippen molar-refractivity contribution in [1.29, 1.82) is 0 Å². The fourth-order valence-electron chi connectivity index (χ4n) is 1.12. The molecule has 4 heteroatoms. The number of benzene rings is 1. The van der Waals surface area contributed by atoms with E-state index in [0.29, 0.717) is 6.04 Å². The molecule has 90 valence electrons. The Morgan fingerprint density at radius 3 is 2.62 bits per heavy atom. The van der Waals surface area contributed by atoms with Crippen molar-refractivity contribution < 1.29 is 4.74 Å². The van der Waals surface area contributed by atoms with Crippen LogP contribution in [0.5, 0.6) is 5.75 Å². The van der Waals surface area contributed by atoms with Gasteiger partial charge in [0.05, 0.1) is 6.61 Å². The van der Waals surface area contributed by atoms with Crippen LogP contribution in [0.4, 0.5) is 0 Å². The molecule has 0 aliphatic rings. The van der Waals surface area contributed by atoms with Gasteiger partial charge in [-0.3, -0.25) is 0 Å². The Labute approximate surface area is 110 Å². The van der Waals surface area contributed by atoms with Crippen molar-refractivity contribution in [3.63, 3.8) is 0 Å². The fourth-order valence-corrected chi connectivity index (χ4v) is 2.33. The summed E-state index contributed by atoms with van der Waals surface area (Å²) < 4.78 is 6.67. The Bertz CT molecular complexity index is 290. The van der Waals surface area contributed by atoms with Crippen LogP contribution in [0.2, 0.25) is 0 Å². The average molecular weight is 304 g/mol. The summed E-state index contributed by atoms with van der Waals surface area (Å²) >= 11 is 5.28. The van der Waals surface area contributed by atoms with E-state index in [-0.39, 0.29) is 0 Å². The predicted octanol–water partition coefficient (Wildman–Crippen LogP) is 3.30. The fraction of sp³-hybridized carbons (Fsp3) is 0.500. The third kappa shape index (κ3) is 6.40. The minimum absolute atomic E-state index is 0.305. The molecule has 0 aromatic heterocycles. The van der Waals surface area contributed by atoms with Crippen LogP contribution in [-0.4, -0.2) is 24.2 Å². The second kappa shape index (κ2) is 7.98. The summed E-state index contributed by atoms with van der Waals surface area (Å²) in [5.74, 6) is 3.06. The average Bonchev–Trinajstić information content (AvgIpc) is 2.25. The lowest BCUT2D eigenvalue weighted by Gasteiger charge is -2.07. The monoisotopic (exact) mass is 303 g/mol. The van der Waals surface area contributed by atoms with Crippen LogP contribution in [-0.2, 0) is 0 Å². The standard InChI is InChI=1S/C12H18BrNOS/c1-10(14)6-8-16-9-7-15-12-4-2-11(13)3-5-12/h2-5,10H,6-9,14H2,1H3. The number of ether oxygens (including phenoxy) is 1. The Morgan fingerprint density at radius 1 is 1.31 bits per heavy atom. The van der Waals surface area contributed by atoms with Crippen LogP contribution in [0.3, 0.4) is 0 Å². The molecule has 1 rings (SSSR count). The van der Waals surface area contributed by atoms with Gasteiger partial charge in [-0.25, -0.2) is 0 Å². The lowest BCUT2D eigenvalue weighted by Crippen LogP contribution is -2.15. The number of rotatable bonds is 7. The number of halogens is 1. The number of hydrogen-bond donors (Lipinski definition) is 1. The summed E-state index contributed by atoms with van der Waals surface area (Å²) in [6, 6.07) is 8.21. The highest BCUT2D eigenvalue weighted by Crippen LogP contribution is 2.16. The summed E-state index contributed by atoms with van der Waals surface area (Å²) in [7, 11) is 0. The zero-order valence-electron chi connectivity index (χ0n) is 9.49. The molecule has 2 nitrogen and oxygen atoms in total. The van der Waals surface area contributed by atoms with E-state index >= 15 is 0 Å². The largest absolute Gasteiger partial charge is 0.493 e. The highest BCUT2D eigenvalue weighted by atomic mass is 79.9. The third-order valence-electron chi connectivity index (χ3n) is 2.03. The van der Waals surface area contributed by atoms with E-state index in [0.717, 1.165) is 34.8 Å². The van der Waals surface area contributed by atoms with Crippen molar-refractivity contribution in [1.82, 2.24) is 0 Å². The van der Waals surface area contributed by atoms with Crippen molar-refractivity contribution in [2.24, 2.45) is 5.73 Å². The van der Waals surface area contributed by atoms with Gasteiger partial charge in [0, 0.05) is 16.3 Å². The summed E-state index contributed by atoms with van der Waals surface area (Å²) in [5.41, 5.74) is 5.66. The lowest BCUT2D eigenvalue weighted by molar-refractivity contribution is 0.344. The van der Waals surface area contributed by atoms with Crippen LogP contribution in [0.25, 0.3) is 0 Å². The molecule has 0 saturated carbocycles. The highest BCUT2D eigenvalue weighted by Gasteiger charge is 1.96. The van der Waals surface area contributed by atoms with Gasteiger partial charge in [-0.15, -0.1) is 0 Å². The summed E-state index contributed by atoms with van der Waals surface area (Å²) in [4.78, 5) is 0. The van der Waals surface area contributed by atoms with E-state index in [2.05, 4.69) is 15.9 Å². The van der Waals surface area contributed by atoms with Crippen LogP contribution < -0.4 is 10.5 Å². The van der Waals surface area contributed by atoms with Gasteiger partial charge in [0.15, 0.2) is 0 Å². The molecule has 0 heterocycles. The summed E-state index contributed by atoms with van der Waals surface area (Å²) in [6.07, 6.45) is 1.07. The molecule has 0 fully saturated rings. The van der Waals surface area contributed by atoms with Gasteiger partial charge in [-0.05, 0) is 43.4 Å². The van der Waals surface area contributed by atoms with Crippen molar-refractivity contribution in [2.75, 3.05) is 18.1 Å². The predicted molar refractivity (Wildman–Crippen MR) is 75.2 cm³/mol. The molecule has 1 unspecified atom stereocenters. The Kier molecular flexibility index (Phi) is 6.92. The molecule has 0 amide bonds. The van der Waals surface area contributed by atoms with Crippen LogP contribution in [0.15, 0.2) is 28.7 Å². The lowest BCUT2D eigenvalue weighted by atomic mass is 10.3. The molecule has 16 heavy (non-hydrogen) atoms. The molecular formula is C12H18BrNOS. The van der Waals surface area contributed by atoms with Crippen molar-refractivity contribution >= 4 is 27.7 Å². The second-order valence-electron chi connectivity index (χ2n) is 3.68. The van der Waals surface area contributed by atoms with E-state index in [9.17, 15) is 0 Å². The second-order valence-corrected chi connectivity index (χ2v) is 5.82. The maximum atomic E-state index is 5.66. The molecule has 0 bridgehead atoms. The van der Waals surface area contributed by atoms with Crippen molar-refractivity contribution in [3.8, 4) is 5.75 Å². The normalized spacial score (nSPS) is 12.4. The smallest absolute Gasteiger partial charge is 0.119 e. The van der Waals surface area contributed by atoms with E-state index in [1.807, 2.05) is 43.0 Å². The van der Waals surface area contributed by atoms with Gasteiger partial charge in [0.2, 0.25) is 0 Å². The maximum Gasteiger partial charge on any atom is 0.119 e. The molecular weight excluding hydrogens is 286 g/mol. The highest BCUT2D eigenvalue weighted by molar-refractivity contribution is 9.10. The summed E-state index contributed by atoms with van der Waals surface area (Å²) in [5, 5.41) is 0. The third-order valence-corrected chi connectivity index (χ3v) is 3.54. The van der Waals surface area contributed by atoms with Crippen molar-refractivity contribution in [3.05, 3.63) is 28.7 Å². The Balaban J connectivity index is 2.05. The molecule has 0 radical (unpaired) electrons. The first-order valence-corrected chi connectivity index (χ1v) is 7.35. The Morgan fingerprint density at radius 2 is 2.00 bits per heavy atom. The minimum atomic E-state index is 0.305. The Hall–Kier alpha value is -0.190. The van der Waals surface area contributed by atoms with Crippen LogP contribution in [0.1, 0.15) is 13.3 Å². The van der Waals surface area contributed by atoms with Gasteiger partial charge in [0.25, 0.3) is 0 Å². The molecule has 0 aliphatic heterocycles.